The van der Waals surface area contributed by atoms with Crippen molar-refractivity contribution in [1.29, 1.82) is 0 Å². The van der Waals surface area contributed by atoms with E-state index in [-0.39, 0.29) is 11.3 Å². The Balaban J connectivity index is 2.13. The van der Waals surface area contributed by atoms with E-state index in [1.807, 2.05) is 0 Å². The number of nitrogens with two attached hydrogens (primary N) is 1. The summed E-state index contributed by atoms with van der Waals surface area (Å²) in [5.74, 6) is -2.54. The molecule has 7 heteroatoms. The van der Waals surface area contributed by atoms with Gasteiger partial charge in [0, 0.05) is 13.2 Å². The first-order valence-electron chi connectivity index (χ1n) is 6.13. The summed E-state index contributed by atoms with van der Waals surface area (Å²) >= 11 is 0. The number of rotatable bonds is 3. The molecule has 1 amide bonds. The third-order valence-corrected chi connectivity index (χ3v) is 3.30. The molecule has 1 heterocycles. The maximum absolute atomic E-state index is 13.7. The topological polar surface area (TPSA) is 102 Å². The molecule has 0 spiro atoms. The summed E-state index contributed by atoms with van der Waals surface area (Å²) in [5, 5.41) is 11.1. The fourth-order valence-corrected chi connectivity index (χ4v) is 1.96. The Bertz CT molecular complexity index is 541. The molecule has 0 aromatic heterocycles. The standard InChI is InChI=1S/C13H15FN2O4/c14-9-7-8(11(17)18)1-2-10(9)16-12(19)13(15)3-5-20-6-4-13/h1-2,7H,3-6,15H2,(H,16,19)(H,17,18). The number of carbonyl (C=O) groups excluding carboxylic acids is 1. The van der Waals surface area contributed by atoms with Crippen LogP contribution in [0.2, 0.25) is 0 Å². The van der Waals surface area contributed by atoms with E-state index in [0.717, 1.165) is 6.07 Å². The largest absolute Gasteiger partial charge is 0.478 e. The first-order valence-corrected chi connectivity index (χ1v) is 6.13. The summed E-state index contributed by atoms with van der Waals surface area (Å²) in [4.78, 5) is 22.8. The zero-order chi connectivity index (χ0) is 14.8. The van der Waals surface area contributed by atoms with E-state index in [2.05, 4.69) is 5.32 Å². The molecule has 20 heavy (non-hydrogen) atoms. The summed E-state index contributed by atoms with van der Waals surface area (Å²) in [6.45, 7) is 0.759. The Morgan fingerprint density at radius 1 is 1.35 bits per heavy atom. The number of benzene rings is 1. The second-order valence-electron chi connectivity index (χ2n) is 4.72. The molecule has 0 radical (unpaired) electrons. The molecular formula is C13H15FN2O4. The van der Waals surface area contributed by atoms with Crippen LogP contribution in [0.1, 0.15) is 23.2 Å². The van der Waals surface area contributed by atoms with Gasteiger partial charge in [-0.05, 0) is 31.0 Å². The SMILES string of the molecule is NC1(C(=O)Nc2ccc(C(=O)O)cc2F)CCOCC1. The molecule has 0 bridgehead atoms. The van der Waals surface area contributed by atoms with E-state index in [1.54, 1.807) is 0 Å². The summed E-state index contributed by atoms with van der Waals surface area (Å²) < 4.78 is 18.9. The summed E-state index contributed by atoms with van der Waals surface area (Å²) in [6, 6.07) is 3.28. The highest BCUT2D eigenvalue weighted by Crippen LogP contribution is 2.22. The number of hydrogen-bond donors (Lipinski definition) is 3. The summed E-state index contributed by atoms with van der Waals surface area (Å²) in [6.07, 6.45) is 0.710. The average molecular weight is 282 g/mol. The number of halogens is 1. The number of anilines is 1. The lowest BCUT2D eigenvalue weighted by atomic mass is 9.90. The van der Waals surface area contributed by atoms with Gasteiger partial charge in [0.2, 0.25) is 5.91 Å². The summed E-state index contributed by atoms with van der Waals surface area (Å²) in [7, 11) is 0. The number of aromatic carboxylic acids is 1. The molecule has 2 rings (SSSR count). The van der Waals surface area contributed by atoms with Gasteiger partial charge in [0.25, 0.3) is 0 Å². The molecule has 1 aromatic rings. The Hall–Kier alpha value is -1.99. The number of carbonyl (C=O) groups is 2. The van der Waals surface area contributed by atoms with E-state index in [9.17, 15) is 14.0 Å². The highest BCUT2D eigenvalue weighted by atomic mass is 19.1. The van der Waals surface area contributed by atoms with Crippen LogP contribution in [0.5, 0.6) is 0 Å². The number of amides is 1. The zero-order valence-corrected chi connectivity index (χ0v) is 10.7. The van der Waals surface area contributed by atoms with Gasteiger partial charge in [0.05, 0.1) is 11.3 Å². The second kappa shape index (κ2) is 5.56. The Kier molecular flexibility index (Phi) is 4.01. The van der Waals surface area contributed by atoms with Crippen molar-refractivity contribution in [2.75, 3.05) is 18.5 Å². The fourth-order valence-electron chi connectivity index (χ4n) is 1.96. The number of nitrogens with one attached hydrogen (secondary N) is 1. The molecule has 4 N–H and O–H groups in total. The molecular weight excluding hydrogens is 267 g/mol. The van der Waals surface area contributed by atoms with E-state index >= 15 is 0 Å². The van der Waals surface area contributed by atoms with Gasteiger partial charge >= 0.3 is 5.97 Å². The van der Waals surface area contributed by atoms with Gasteiger partial charge < -0.3 is 20.9 Å². The maximum atomic E-state index is 13.7. The van der Waals surface area contributed by atoms with Crippen LogP contribution < -0.4 is 11.1 Å². The van der Waals surface area contributed by atoms with Crippen molar-refractivity contribution in [3.8, 4) is 0 Å². The van der Waals surface area contributed by atoms with Crippen LogP contribution in [0.15, 0.2) is 18.2 Å². The minimum Gasteiger partial charge on any atom is -0.478 e. The van der Waals surface area contributed by atoms with Crippen LogP contribution in [0.3, 0.4) is 0 Å². The van der Waals surface area contributed by atoms with Crippen molar-refractivity contribution >= 4 is 17.6 Å². The van der Waals surface area contributed by atoms with Crippen LogP contribution in [0.4, 0.5) is 10.1 Å². The van der Waals surface area contributed by atoms with Gasteiger partial charge in [-0.25, -0.2) is 9.18 Å². The van der Waals surface area contributed by atoms with E-state index in [1.165, 1.54) is 12.1 Å². The molecule has 6 nitrogen and oxygen atoms in total. The van der Waals surface area contributed by atoms with Crippen LogP contribution >= 0.6 is 0 Å². The Morgan fingerprint density at radius 3 is 2.55 bits per heavy atom. The van der Waals surface area contributed by atoms with Gasteiger partial charge in [-0.3, -0.25) is 4.79 Å². The zero-order valence-electron chi connectivity index (χ0n) is 10.7. The third-order valence-electron chi connectivity index (χ3n) is 3.30. The van der Waals surface area contributed by atoms with E-state index < -0.39 is 23.2 Å². The molecule has 1 fully saturated rings. The molecule has 0 unspecified atom stereocenters. The van der Waals surface area contributed by atoms with E-state index in [0.29, 0.717) is 26.1 Å². The number of carboxylic acid groups (broad SMARTS) is 1. The van der Waals surface area contributed by atoms with Gasteiger partial charge in [-0.2, -0.15) is 0 Å². The van der Waals surface area contributed by atoms with Crippen LogP contribution in [-0.4, -0.2) is 35.7 Å². The van der Waals surface area contributed by atoms with Gasteiger partial charge in [0.15, 0.2) is 0 Å². The van der Waals surface area contributed by atoms with Crippen molar-refractivity contribution in [3.05, 3.63) is 29.6 Å². The van der Waals surface area contributed by atoms with Crippen molar-refractivity contribution in [2.45, 2.75) is 18.4 Å². The fraction of sp³-hybridized carbons (Fsp3) is 0.385. The number of hydrogen-bond acceptors (Lipinski definition) is 4. The monoisotopic (exact) mass is 282 g/mol. The minimum atomic E-state index is -1.23. The molecule has 1 aliphatic rings. The van der Waals surface area contributed by atoms with Crippen molar-refractivity contribution in [2.24, 2.45) is 5.73 Å². The normalized spacial score (nSPS) is 17.5. The van der Waals surface area contributed by atoms with Gasteiger partial charge in [-0.15, -0.1) is 0 Å². The predicted molar refractivity (Wildman–Crippen MR) is 69.0 cm³/mol. The minimum absolute atomic E-state index is 0.0867. The molecule has 108 valence electrons. The molecule has 1 aromatic carbocycles. The lowest BCUT2D eigenvalue weighted by Crippen LogP contribution is -2.54. The average Bonchev–Trinajstić information content (AvgIpc) is 2.41. The first-order chi connectivity index (χ1) is 9.42. The van der Waals surface area contributed by atoms with Crippen molar-refractivity contribution < 1.29 is 23.8 Å². The summed E-state index contributed by atoms with van der Waals surface area (Å²) in [5.41, 5.74) is 4.61. The Morgan fingerprint density at radius 2 is 2.00 bits per heavy atom. The quantitative estimate of drug-likeness (QED) is 0.766. The number of carboxylic acids is 1. The van der Waals surface area contributed by atoms with Gasteiger partial charge in [-0.1, -0.05) is 0 Å². The molecule has 0 aliphatic carbocycles. The lowest BCUT2D eigenvalue weighted by molar-refractivity contribution is -0.124. The predicted octanol–water partition coefficient (Wildman–Crippen LogP) is 0.970. The molecule has 0 atom stereocenters. The van der Waals surface area contributed by atoms with E-state index in [4.69, 9.17) is 15.6 Å². The van der Waals surface area contributed by atoms with Crippen molar-refractivity contribution in [1.82, 2.24) is 0 Å². The van der Waals surface area contributed by atoms with Crippen LogP contribution in [0.25, 0.3) is 0 Å². The maximum Gasteiger partial charge on any atom is 0.335 e. The highest BCUT2D eigenvalue weighted by Gasteiger charge is 2.36. The van der Waals surface area contributed by atoms with Crippen molar-refractivity contribution in [3.63, 3.8) is 0 Å². The second-order valence-corrected chi connectivity index (χ2v) is 4.72. The molecule has 0 saturated carbocycles. The van der Waals surface area contributed by atoms with Gasteiger partial charge in [0.1, 0.15) is 11.4 Å². The Labute approximate surface area is 114 Å². The first kappa shape index (κ1) is 14.4. The number of ether oxygens (including phenoxy) is 1. The third kappa shape index (κ3) is 2.94. The smallest absolute Gasteiger partial charge is 0.335 e. The highest BCUT2D eigenvalue weighted by molar-refractivity contribution is 5.98. The lowest BCUT2D eigenvalue weighted by Gasteiger charge is -2.31. The van der Waals surface area contributed by atoms with Crippen LogP contribution in [0, 0.1) is 5.82 Å². The molecule has 1 saturated heterocycles. The van der Waals surface area contributed by atoms with Crippen LogP contribution in [-0.2, 0) is 9.53 Å². The molecule has 1 aliphatic heterocycles.